The van der Waals surface area contributed by atoms with Crippen molar-refractivity contribution in [1.29, 1.82) is 0 Å². The molecule has 4 atom stereocenters. The van der Waals surface area contributed by atoms with Gasteiger partial charge in [-0.1, -0.05) is 45.2 Å². The highest BCUT2D eigenvalue weighted by Gasteiger charge is 2.61. The molecule has 2 saturated carbocycles. The predicted octanol–water partition coefficient (Wildman–Crippen LogP) is 4.36. The molecular weight excluding hydrogens is 580 g/mol. The maximum Gasteiger partial charge on any atom is 0.247 e. The average molecular weight is 633 g/mol. The number of likely N-dealkylation sites (tertiary alicyclic amines) is 2. The van der Waals surface area contributed by atoms with Gasteiger partial charge in [-0.15, -0.1) is 0 Å². The summed E-state index contributed by atoms with van der Waals surface area (Å²) in [4.78, 5) is 48.1. The van der Waals surface area contributed by atoms with Crippen LogP contribution in [0.1, 0.15) is 78.6 Å². The fourth-order valence-electron chi connectivity index (χ4n) is 8.71. The van der Waals surface area contributed by atoms with Gasteiger partial charge in [0.2, 0.25) is 17.7 Å². The third-order valence-electron chi connectivity index (χ3n) is 11.9. The number of nitrogens with one attached hydrogen (secondary N) is 2. The zero-order chi connectivity index (χ0) is 32.1. The Labute approximate surface area is 272 Å². The fraction of sp³-hybridized carbons (Fsp3) is 0.722. The Bertz CT molecular complexity index is 1440. The van der Waals surface area contributed by atoms with Crippen LogP contribution >= 0.6 is 0 Å². The lowest BCUT2D eigenvalue weighted by atomic mass is 9.70. The summed E-state index contributed by atoms with van der Waals surface area (Å²) in [5, 5.41) is 11.7. The van der Waals surface area contributed by atoms with Crippen LogP contribution in [0.2, 0.25) is 0 Å². The van der Waals surface area contributed by atoms with Crippen molar-refractivity contribution in [3.63, 3.8) is 0 Å². The van der Waals surface area contributed by atoms with Crippen molar-refractivity contribution in [1.82, 2.24) is 25.3 Å². The smallest absolute Gasteiger partial charge is 0.247 e. The van der Waals surface area contributed by atoms with Crippen LogP contribution in [-0.4, -0.2) is 95.7 Å². The molecule has 10 nitrogen and oxygen atoms in total. The quantitative estimate of drug-likeness (QED) is 0.425. The molecule has 3 aliphatic heterocycles. The van der Waals surface area contributed by atoms with Crippen molar-refractivity contribution in [2.45, 2.75) is 90.7 Å². The molecule has 3 saturated heterocycles. The van der Waals surface area contributed by atoms with Crippen LogP contribution in [0.4, 0.5) is 5.69 Å². The van der Waals surface area contributed by atoms with E-state index >= 15 is 0 Å². The zero-order valence-electron chi connectivity index (χ0n) is 27.9. The SMILES string of the molecule is C[C@@H](OCC1CCCCC1)[C@H](NC(=O)C1CN(c2cccc3cn[nH]c23)CC12CN(C(=O)[C@H]1CC1(C)C)C2)C(=O)N1CCCCC1. The number of rotatable bonds is 9. The first kappa shape index (κ1) is 31.5. The molecule has 1 spiro atoms. The lowest BCUT2D eigenvalue weighted by Crippen LogP contribution is -2.65. The molecule has 46 heavy (non-hydrogen) atoms. The molecule has 4 heterocycles. The van der Waals surface area contributed by atoms with E-state index in [4.69, 9.17) is 4.74 Å². The molecule has 2 aromatic rings. The summed E-state index contributed by atoms with van der Waals surface area (Å²) in [6.45, 7) is 10.6. The summed E-state index contributed by atoms with van der Waals surface area (Å²) in [7, 11) is 0. The highest BCUT2D eigenvalue weighted by atomic mass is 16.5. The Balaban J connectivity index is 1.12. The minimum absolute atomic E-state index is 0.0308. The van der Waals surface area contributed by atoms with Crippen molar-refractivity contribution >= 4 is 34.3 Å². The highest BCUT2D eigenvalue weighted by molar-refractivity contribution is 5.93. The average Bonchev–Trinajstić information content (AvgIpc) is 3.38. The second-order valence-electron chi connectivity index (χ2n) is 15.8. The van der Waals surface area contributed by atoms with Crippen LogP contribution in [0.5, 0.6) is 0 Å². The predicted molar refractivity (Wildman–Crippen MR) is 177 cm³/mol. The third-order valence-corrected chi connectivity index (χ3v) is 11.9. The number of amides is 3. The Morgan fingerprint density at radius 2 is 1.72 bits per heavy atom. The molecule has 0 radical (unpaired) electrons. The fourth-order valence-corrected chi connectivity index (χ4v) is 8.71. The van der Waals surface area contributed by atoms with E-state index in [9.17, 15) is 14.4 Å². The van der Waals surface area contributed by atoms with Crippen LogP contribution in [0, 0.1) is 28.6 Å². The zero-order valence-corrected chi connectivity index (χ0v) is 27.9. The van der Waals surface area contributed by atoms with Gasteiger partial charge in [0.25, 0.3) is 0 Å². The van der Waals surface area contributed by atoms with Gasteiger partial charge in [0, 0.05) is 62.6 Å². The molecule has 2 N–H and O–H groups in total. The Morgan fingerprint density at radius 1 is 1.00 bits per heavy atom. The number of benzene rings is 1. The Hall–Kier alpha value is -3.14. The number of aromatic nitrogens is 2. The molecule has 1 aromatic carbocycles. The lowest BCUT2D eigenvalue weighted by molar-refractivity contribution is -0.153. The van der Waals surface area contributed by atoms with Crippen LogP contribution in [0.25, 0.3) is 10.9 Å². The van der Waals surface area contributed by atoms with Gasteiger partial charge in [0.05, 0.1) is 29.4 Å². The first-order chi connectivity index (χ1) is 22.1. The van der Waals surface area contributed by atoms with Gasteiger partial charge in [-0.2, -0.15) is 5.10 Å². The van der Waals surface area contributed by atoms with Gasteiger partial charge in [-0.05, 0) is 62.8 Å². The molecular formula is C36H52N6O4. The normalized spacial score (nSPS) is 27.0. The number of fused-ring (bicyclic) bond motifs is 1. The number of ether oxygens (including phenoxy) is 1. The number of hydrogen-bond acceptors (Lipinski definition) is 6. The van der Waals surface area contributed by atoms with Gasteiger partial charge in [-0.25, -0.2) is 0 Å². The number of hydrogen-bond donors (Lipinski definition) is 2. The number of anilines is 1. The first-order valence-electron chi connectivity index (χ1n) is 17.8. The summed E-state index contributed by atoms with van der Waals surface area (Å²) in [6, 6.07) is 5.40. The van der Waals surface area contributed by atoms with E-state index in [-0.39, 0.29) is 40.4 Å². The Morgan fingerprint density at radius 3 is 2.43 bits per heavy atom. The second kappa shape index (κ2) is 12.5. The summed E-state index contributed by atoms with van der Waals surface area (Å²) >= 11 is 0. The number of para-hydroxylation sites is 1. The van der Waals surface area contributed by atoms with Gasteiger partial charge < -0.3 is 24.8 Å². The monoisotopic (exact) mass is 632 g/mol. The number of carbonyl (C=O) groups excluding carboxylic acids is 3. The molecule has 250 valence electrons. The molecule has 1 aromatic heterocycles. The van der Waals surface area contributed by atoms with Crippen LogP contribution in [0.15, 0.2) is 24.4 Å². The largest absolute Gasteiger partial charge is 0.376 e. The van der Waals surface area contributed by atoms with Crippen molar-refractivity contribution in [3.8, 4) is 0 Å². The molecule has 3 amide bonds. The van der Waals surface area contributed by atoms with E-state index in [1.165, 1.54) is 32.1 Å². The molecule has 0 bridgehead atoms. The van der Waals surface area contributed by atoms with Crippen LogP contribution in [-0.2, 0) is 19.1 Å². The summed E-state index contributed by atoms with van der Waals surface area (Å²) in [6.07, 6.45) is 11.5. The van der Waals surface area contributed by atoms with Gasteiger partial charge >= 0.3 is 0 Å². The summed E-state index contributed by atoms with van der Waals surface area (Å²) < 4.78 is 6.41. The van der Waals surface area contributed by atoms with Crippen molar-refractivity contribution < 1.29 is 19.1 Å². The standard InChI is InChI=1S/C36H52N6O4/c1-24(46-20-25-11-6-4-7-12-25)30(34(45)40-15-8-5-9-16-40)38-32(43)28-19-41(29-14-10-13-26-18-37-39-31(26)29)21-36(28)22-42(23-36)33(44)27-17-35(27,2)3/h10,13-14,18,24-25,27-28,30H,4-9,11-12,15-17,19-23H2,1-3H3,(H,37,39)(H,38,43)/t24-,27-,28?,30+/m1/s1. The number of carbonyl (C=O) groups is 3. The second-order valence-corrected chi connectivity index (χ2v) is 15.8. The van der Waals surface area contributed by atoms with Crippen LogP contribution < -0.4 is 10.2 Å². The third kappa shape index (κ3) is 6.02. The topological polar surface area (TPSA) is 111 Å². The molecule has 1 unspecified atom stereocenters. The molecule has 7 rings (SSSR count). The maximum absolute atomic E-state index is 14.5. The minimum Gasteiger partial charge on any atom is -0.376 e. The van der Waals surface area contributed by atoms with E-state index < -0.39 is 12.1 Å². The van der Waals surface area contributed by atoms with Crippen molar-refractivity contribution in [3.05, 3.63) is 24.4 Å². The number of piperidine rings is 1. The lowest BCUT2D eigenvalue weighted by Gasteiger charge is -2.51. The van der Waals surface area contributed by atoms with Crippen molar-refractivity contribution in [2.24, 2.45) is 28.6 Å². The van der Waals surface area contributed by atoms with Crippen LogP contribution in [0.3, 0.4) is 0 Å². The number of H-pyrrole nitrogens is 1. The first-order valence-corrected chi connectivity index (χ1v) is 17.8. The minimum atomic E-state index is -0.735. The van der Waals surface area contributed by atoms with Gasteiger partial charge in [0.1, 0.15) is 6.04 Å². The molecule has 5 aliphatic rings. The Kier molecular flexibility index (Phi) is 8.53. The van der Waals surface area contributed by atoms with E-state index in [0.717, 1.165) is 55.4 Å². The van der Waals surface area contributed by atoms with E-state index in [1.807, 2.05) is 35.1 Å². The summed E-state index contributed by atoms with van der Waals surface area (Å²) in [5.41, 5.74) is 1.65. The highest BCUT2D eigenvalue weighted by Crippen LogP contribution is 2.55. The number of nitrogens with zero attached hydrogens (tertiary/aromatic N) is 4. The molecule has 5 fully saturated rings. The van der Waals surface area contributed by atoms with Crippen molar-refractivity contribution in [2.75, 3.05) is 50.8 Å². The van der Waals surface area contributed by atoms with Gasteiger partial charge in [0.15, 0.2) is 0 Å². The van der Waals surface area contributed by atoms with E-state index in [2.05, 4.69) is 40.3 Å². The molecule has 2 aliphatic carbocycles. The molecule has 10 heteroatoms. The van der Waals surface area contributed by atoms with Gasteiger partial charge in [-0.3, -0.25) is 19.5 Å². The maximum atomic E-state index is 14.5. The summed E-state index contributed by atoms with van der Waals surface area (Å²) in [5.74, 6) is 0.292. The van der Waals surface area contributed by atoms with E-state index in [1.54, 1.807) is 0 Å². The van der Waals surface area contributed by atoms with E-state index in [0.29, 0.717) is 38.7 Å². The number of aromatic amines is 1.